The lowest BCUT2D eigenvalue weighted by Crippen LogP contribution is -2.40. The molecular formula is C24H35N3O4S. The third-order valence-electron chi connectivity index (χ3n) is 5.05. The van der Waals surface area contributed by atoms with Crippen LogP contribution in [0.25, 0.3) is 0 Å². The molecule has 2 rings (SSSR count). The number of benzene rings is 2. The molecule has 0 radical (unpaired) electrons. The van der Waals surface area contributed by atoms with E-state index in [0.29, 0.717) is 6.54 Å². The number of sulfonamides is 1. The van der Waals surface area contributed by atoms with Crippen molar-refractivity contribution < 1.29 is 17.9 Å². The Morgan fingerprint density at radius 3 is 2.22 bits per heavy atom. The Morgan fingerprint density at radius 2 is 1.69 bits per heavy atom. The molecule has 0 saturated carbocycles. The summed E-state index contributed by atoms with van der Waals surface area (Å²) in [5.74, 6) is -0.156. The summed E-state index contributed by atoms with van der Waals surface area (Å²) in [7, 11) is -2.47. The molecular weight excluding hydrogens is 426 g/mol. The van der Waals surface area contributed by atoms with Crippen molar-refractivity contribution in [1.29, 1.82) is 0 Å². The van der Waals surface area contributed by atoms with Gasteiger partial charge in [0.05, 0.1) is 13.2 Å². The highest BCUT2D eigenvalue weighted by atomic mass is 32.2. The maximum atomic E-state index is 13.0. The van der Waals surface area contributed by atoms with Crippen LogP contribution in [0.1, 0.15) is 56.6 Å². The zero-order chi connectivity index (χ0) is 23.9. The summed E-state index contributed by atoms with van der Waals surface area (Å²) in [6, 6.07) is 14.5. The summed E-state index contributed by atoms with van der Waals surface area (Å²) in [5, 5.41) is 2.97. The van der Waals surface area contributed by atoms with Crippen LogP contribution in [-0.4, -0.2) is 51.5 Å². The van der Waals surface area contributed by atoms with Gasteiger partial charge < -0.3 is 10.1 Å². The molecule has 0 spiro atoms. The summed E-state index contributed by atoms with van der Waals surface area (Å²) in [4.78, 5) is 15.2. The average molecular weight is 462 g/mol. The molecule has 0 aromatic heterocycles. The highest BCUT2D eigenvalue weighted by Crippen LogP contribution is 2.26. The number of rotatable bonds is 10. The Kier molecular flexibility index (Phi) is 8.83. The zero-order valence-electron chi connectivity index (χ0n) is 19.8. The van der Waals surface area contributed by atoms with Crippen molar-refractivity contribution in [2.45, 2.75) is 51.1 Å². The second-order valence-corrected chi connectivity index (χ2v) is 10.2. The molecule has 0 aliphatic carbocycles. The quantitative estimate of drug-likeness (QED) is 0.565. The summed E-state index contributed by atoms with van der Waals surface area (Å²) < 4.78 is 33.6. The first-order valence-electron chi connectivity index (χ1n) is 10.8. The lowest BCUT2D eigenvalue weighted by molar-refractivity contribution is 0.0934. The van der Waals surface area contributed by atoms with Crippen molar-refractivity contribution in [3.8, 4) is 5.75 Å². The summed E-state index contributed by atoms with van der Waals surface area (Å²) in [5.41, 5.74) is 0.699. The van der Waals surface area contributed by atoms with Gasteiger partial charge in [-0.2, -0.15) is 0 Å². The lowest BCUT2D eigenvalue weighted by atomic mass is 10.0. The summed E-state index contributed by atoms with van der Waals surface area (Å²) >= 11 is 0. The van der Waals surface area contributed by atoms with Crippen LogP contribution < -0.4 is 14.8 Å². The van der Waals surface area contributed by atoms with Crippen LogP contribution in [-0.2, 0) is 10.0 Å². The van der Waals surface area contributed by atoms with Gasteiger partial charge in [0, 0.05) is 17.6 Å². The first-order valence-corrected chi connectivity index (χ1v) is 12.3. The maximum absolute atomic E-state index is 13.0. The van der Waals surface area contributed by atoms with Crippen molar-refractivity contribution in [2.75, 3.05) is 26.7 Å². The number of hydrogen-bond donors (Lipinski definition) is 2. The van der Waals surface area contributed by atoms with E-state index in [2.05, 4.69) is 28.8 Å². The van der Waals surface area contributed by atoms with E-state index in [1.807, 2.05) is 30.3 Å². The molecule has 0 aliphatic rings. The number of nitrogens with one attached hydrogen (secondary N) is 2. The van der Waals surface area contributed by atoms with Crippen LogP contribution in [0, 0.1) is 0 Å². The van der Waals surface area contributed by atoms with Crippen molar-refractivity contribution in [3.05, 3.63) is 59.7 Å². The van der Waals surface area contributed by atoms with Gasteiger partial charge >= 0.3 is 0 Å². The number of nitrogens with zero attached hydrogens (tertiary/aromatic N) is 1. The fraction of sp³-hybridized carbons (Fsp3) is 0.458. The second-order valence-electron chi connectivity index (χ2n) is 8.58. The van der Waals surface area contributed by atoms with E-state index < -0.39 is 15.6 Å². The third kappa shape index (κ3) is 6.79. The second kappa shape index (κ2) is 10.9. The molecule has 0 saturated heterocycles. The molecule has 32 heavy (non-hydrogen) atoms. The minimum Gasteiger partial charge on any atom is -0.495 e. The number of carbonyl (C=O) groups is 1. The Hall–Kier alpha value is -2.42. The molecule has 2 aromatic rings. The van der Waals surface area contributed by atoms with Crippen molar-refractivity contribution in [3.63, 3.8) is 0 Å². The minimum absolute atomic E-state index is 0.0131. The average Bonchev–Trinajstić information content (AvgIpc) is 2.75. The smallest absolute Gasteiger partial charge is 0.251 e. The predicted octanol–water partition coefficient (Wildman–Crippen LogP) is 3.58. The highest BCUT2D eigenvalue weighted by molar-refractivity contribution is 7.89. The number of ether oxygens (including phenoxy) is 1. The van der Waals surface area contributed by atoms with Crippen LogP contribution >= 0.6 is 0 Å². The highest BCUT2D eigenvalue weighted by Gasteiger charge is 2.27. The molecule has 0 bridgehead atoms. The van der Waals surface area contributed by atoms with Gasteiger partial charge in [0.2, 0.25) is 10.0 Å². The minimum atomic E-state index is -3.88. The van der Waals surface area contributed by atoms with Gasteiger partial charge in [0.15, 0.2) is 0 Å². The number of amides is 1. The van der Waals surface area contributed by atoms with Gasteiger partial charge in [-0.3, -0.25) is 9.69 Å². The van der Waals surface area contributed by atoms with Gasteiger partial charge in [-0.25, -0.2) is 13.1 Å². The standard InChI is InChI=1S/C24H35N3O4S/c1-7-27(8-2)20(18-12-10-9-11-13-18)17-25-23(28)19-14-15-21(31-6)22(16-19)32(29,30)26-24(3,4)5/h9-16,20,26H,7-8,17H2,1-6H3,(H,25,28). The molecule has 2 N–H and O–H groups in total. The maximum Gasteiger partial charge on any atom is 0.251 e. The fourth-order valence-electron chi connectivity index (χ4n) is 3.57. The monoisotopic (exact) mass is 461 g/mol. The molecule has 0 heterocycles. The van der Waals surface area contributed by atoms with Crippen LogP contribution in [0.5, 0.6) is 5.75 Å². The Balaban J connectivity index is 2.29. The van der Waals surface area contributed by atoms with E-state index in [-0.39, 0.29) is 28.2 Å². The number of carbonyl (C=O) groups excluding carboxylic acids is 1. The molecule has 0 fully saturated rings. The van der Waals surface area contributed by atoms with Crippen LogP contribution in [0.2, 0.25) is 0 Å². The summed E-state index contributed by atoms with van der Waals surface area (Å²) in [6.07, 6.45) is 0. The molecule has 0 aliphatic heterocycles. The number of likely N-dealkylation sites (N-methyl/N-ethyl adjacent to an activating group) is 1. The van der Waals surface area contributed by atoms with Crippen molar-refractivity contribution in [1.82, 2.24) is 14.9 Å². The predicted molar refractivity (Wildman–Crippen MR) is 128 cm³/mol. The Labute approximate surface area is 192 Å². The Bertz CT molecular complexity index is 998. The topological polar surface area (TPSA) is 87.7 Å². The van der Waals surface area contributed by atoms with Gasteiger partial charge in [0.1, 0.15) is 10.6 Å². The molecule has 176 valence electrons. The first-order chi connectivity index (χ1) is 15.0. The van der Waals surface area contributed by atoms with Gasteiger partial charge in [-0.1, -0.05) is 44.2 Å². The van der Waals surface area contributed by atoms with Gasteiger partial charge in [0.25, 0.3) is 5.91 Å². The number of methoxy groups -OCH3 is 1. The molecule has 7 nitrogen and oxygen atoms in total. The van der Waals surface area contributed by atoms with Crippen molar-refractivity contribution in [2.24, 2.45) is 0 Å². The van der Waals surface area contributed by atoms with E-state index in [0.717, 1.165) is 18.7 Å². The first kappa shape index (κ1) is 25.8. The normalized spacial score (nSPS) is 13.1. The van der Waals surface area contributed by atoms with E-state index in [9.17, 15) is 13.2 Å². The third-order valence-corrected chi connectivity index (χ3v) is 6.83. The summed E-state index contributed by atoms with van der Waals surface area (Å²) in [6.45, 7) is 11.5. The van der Waals surface area contributed by atoms with E-state index in [4.69, 9.17) is 4.74 Å². The molecule has 2 aromatic carbocycles. The number of hydrogen-bond acceptors (Lipinski definition) is 5. The van der Waals surface area contributed by atoms with E-state index in [1.54, 1.807) is 26.8 Å². The van der Waals surface area contributed by atoms with Gasteiger partial charge in [-0.15, -0.1) is 0 Å². The molecule has 1 atom stereocenters. The van der Waals surface area contributed by atoms with Crippen molar-refractivity contribution >= 4 is 15.9 Å². The SMILES string of the molecule is CCN(CC)C(CNC(=O)c1ccc(OC)c(S(=O)(=O)NC(C)(C)C)c1)c1ccccc1. The lowest BCUT2D eigenvalue weighted by Gasteiger charge is -2.30. The zero-order valence-corrected chi connectivity index (χ0v) is 20.6. The molecule has 8 heteroatoms. The fourth-order valence-corrected chi connectivity index (χ4v) is 5.19. The Morgan fingerprint density at radius 1 is 1.06 bits per heavy atom. The van der Waals surface area contributed by atoms with E-state index in [1.165, 1.54) is 19.2 Å². The molecule has 1 unspecified atom stereocenters. The molecule has 1 amide bonds. The van der Waals surface area contributed by atoms with Crippen LogP contribution in [0.4, 0.5) is 0 Å². The van der Waals surface area contributed by atoms with Crippen LogP contribution in [0.15, 0.2) is 53.4 Å². The van der Waals surface area contributed by atoms with Gasteiger partial charge in [-0.05, 0) is 57.6 Å². The largest absolute Gasteiger partial charge is 0.495 e. The van der Waals surface area contributed by atoms with E-state index >= 15 is 0 Å². The van der Waals surface area contributed by atoms with Crippen LogP contribution in [0.3, 0.4) is 0 Å².